The fourth-order valence-electron chi connectivity index (χ4n) is 1.79. The van der Waals surface area contributed by atoms with E-state index in [-0.39, 0.29) is 4.90 Å². The molecule has 114 valence electrons. The third kappa shape index (κ3) is 3.79. The molecule has 1 aromatic carbocycles. The van der Waals surface area contributed by atoms with Gasteiger partial charge < -0.3 is 10.2 Å². The molecule has 5 nitrogen and oxygen atoms in total. The van der Waals surface area contributed by atoms with Gasteiger partial charge >= 0.3 is 0 Å². The quantitative estimate of drug-likeness (QED) is 0.707. The summed E-state index contributed by atoms with van der Waals surface area (Å²) in [7, 11) is -3.77. The summed E-state index contributed by atoms with van der Waals surface area (Å²) in [4.78, 5) is 0.127. The molecular weight excluding hydrogens is 278 g/mol. The number of rotatable bonds is 7. The predicted octanol–water partition coefficient (Wildman–Crippen LogP) is 1.22. The Morgan fingerprint density at radius 1 is 1.15 bits per heavy atom. The van der Waals surface area contributed by atoms with E-state index in [0.717, 1.165) is 5.56 Å². The van der Waals surface area contributed by atoms with E-state index < -0.39 is 28.8 Å². The summed E-state index contributed by atoms with van der Waals surface area (Å²) < 4.78 is 26.9. The van der Waals surface area contributed by atoms with E-state index >= 15 is 0 Å². The number of aliphatic hydroxyl groups excluding tert-OH is 2. The molecule has 0 aliphatic heterocycles. The van der Waals surface area contributed by atoms with Gasteiger partial charge in [0.1, 0.15) is 0 Å². The zero-order chi connectivity index (χ0) is 15.4. The van der Waals surface area contributed by atoms with Crippen molar-refractivity contribution in [2.75, 3.05) is 13.2 Å². The van der Waals surface area contributed by atoms with E-state index in [1.165, 1.54) is 12.1 Å². The van der Waals surface area contributed by atoms with Crippen LogP contribution in [0.5, 0.6) is 0 Å². The maximum atomic E-state index is 12.3. The van der Waals surface area contributed by atoms with E-state index in [9.17, 15) is 18.6 Å². The standard InChI is InChI=1S/C14H23NO4S/c1-4-14(9-16,10-17)15-20(18,19)13-7-5-12(6-8-13)11(2)3/h5-8,11,15-17H,4,9-10H2,1-3H3. The predicted molar refractivity (Wildman–Crippen MR) is 78.0 cm³/mol. The molecule has 0 unspecified atom stereocenters. The van der Waals surface area contributed by atoms with Crippen LogP contribution in [0.15, 0.2) is 29.2 Å². The lowest BCUT2D eigenvalue weighted by molar-refractivity contribution is 0.105. The molecule has 0 aromatic heterocycles. The molecule has 0 aliphatic rings. The van der Waals surface area contributed by atoms with Crippen LogP contribution in [0.1, 0.15) is 38.7 Å². The topological polar surface area (TPSA) is 86.6 Å². The largest absolute Gasteiger partial charge is 0.394 e. The Bertz CT molecular complexity index is 510. The van der Waals surface area contributed by atoms with Gasteiger partial charge in [-0.1, -0.05) is 32.9 Å². The highest BCUT2D eigenvalue weighted by Gasteiger charge is 2.32. The number of hydrogen-bond acceptors (Lipinski definition) is 4. The summed E-state index contributed by atoms with van der Waals surface area (Å²) in [6.07, 6.45) is 0.295. The van der Waals surface area contributed by atoms with Crippen molar-refractivity contribution in [1.29, 1.82) is 0 Å². The smallest absolute Gasteiger partial charge is 0.241 e. The van der Waals surface area contributed by atoms with Crippen molar-refractivity contribution in [1.82, 2.24) is 4.72 Å². The van der Waals surface area contributed by atoms with Crippen LogP contribution in [0, 0.1) is 0 Å². The van der Waals surface area contributed by atoms with Gasteiger partial charge in [0.25, 0.3) is 0 Å². The number of sulfonamides is 1. The first kappa shape index (κ1) is 17.1. The second kappa shape index (κ2) is 6.67. The lowest BCUT2D eigenvalue weighted by Crippen LogP contribution is -2.53. The first-order chi connectivity index (χ1) is 9.30. The molecule has 0 atom stereocenters. The first-order valence-corrected chi connectivity index (χ1v) is 8.14. The molecule has 0 aliphatic carbocycles. The van der Waals surface area contributed by atoms with Gasteiger partial charge in [0, 0.05) is 0 Å². The Kier molecular flexibility index (Phi) is 5.70. The molecule has 0 heterocycles. The second-order valence-electron chi connectivity index (χ2n) is 5.28. The molecular formula is C14H23NO4S. The molecule has 0 saturated heterocycles. The Hall–Kier alpha value is -0.950. The van der Waals surface area contributed by atoms with Crippen molar-refractivity contribution in [2.45, 2.75) is 43.5 Å². The highest BCUT2D eigenvalue weighted by Crippen LogP contribution is 2.19. The van der Waals surface area contributed by atoms with Gasteiger partial charge in [-0.3, -0.25) is 0 Å². The molecule has 0 saturated carbocycles. The van der Waals surface area contributed by atoms with Crippen LogP contribution in [-0.2, 0) is 10.0 Å². The minimum Gasteiger partial charge on any atom is -0.394 e. The zero-order valence-corrected chi connectivity index (χ0v) is 12.9. The van der Waals surface area contributed by atoms with Crippen LogP contribution < -0.4 is 4.72 Å². The van der Waals surface area contributed by atoms with Crippen molar-refractivity contribution >= 4 is 10.0 Å². The van der Waals surface area contributed by atoms with Gasteiger partial charge in [-0.05, 0) is 30.0 Å². The molecule has 0 radical (unpaired) electrons. The van der Waals surface area contributed by atoms with Crippen molar-refractivity contribution in [3.05, 3.63) is 29.8 Å². The van der Waals surface area contributed by atoms with E-state index in [1.54, 1.807) is 19.1 Å². The summed E-state index contributed by atoms with van der Waals surface area (Å²) in [5, 5.41) is 18.6. The van der Waals surface area contributed by atoms with Crippen LogP contribution in [-0.4, -0.2) is 37.4 Å². The molecule has 0 fully saturated rings. The Labute approximate surface area is 120 Å². The van der Waals surface area contributed by atoms with Gasteiger partial charge in [0.15, 0.2) is 0 Å². The summed E-state index contributed by atoms with van der Waals surface area (Å²) in [5.74, 6) is 0.323. The highest BCUT2D eigenvalue weighted by molar-refractivity contribution is 7.89. The average molecular weight is 301 g/mol. The molecule has 20 heavy (non-hydrogen) atoms. The molecule has 0 spiro atoms. The van der Waals surface area contributed by atoms with Crippen LogP contribution in [0.3, 0.4) is 0 Å². The van der Waals surface area contributed by atoms with Crippen LogP contribution >= 0.6 is 0 Å². The Morgan fingerprint density at radius 2 is 1.65 bits per heavy atom. The Balaban J connectivity index is 3.04. The van der Waals surface area contributed by atoms with Crippen LogP contribution in [0.25, 0.3) is 0 Å². The number of nitrogens with one attached hydrogen (secondary N) is 1. The van der Waals surface area contributed by atoms with Gasteiger partial charge in [0.05, 0.1) is 23.6 Å². The molecule has 0 amide bonds. The molecule has 6 heteroatoms. The summed E-state index contributed by atoms with van der Waals surface area (Å²) in [6, 6.07) is 6.61. The normalized spacial score (nSPS) is 12.9. The Morgan fingerprint density at radius 3 is 2.00 bits per heavy atom. The summed E-state index contributed by atoms with van der Waals surface area (Å²) in [6.45, 7) is 4.85. The van der Waals surface area contributed by atoms with Crippen LogP contribution in [0.4, 0.5) is 0 Å². The van der Waals surface area contributed by atoms with E-state index in [0.29, 0.717) is 12.3 Å². The summed E-state index contributed by atoms with van der Waals surface area (Å²) >= 11 is 0. The number of benzene rings is 1. The van der Waals surface area contributed by atoms with Gasteiger partial charge in [-0.2, -0.15) is 0 Å². The second-order valence-corrected chi connectivity index (χ2v) is 6.96. The van der Waals surface area contributed by atoms with Gasteiger partial charge in [0.2, 0.25) is 10.0 Å². The third-order valence-electron chi connectivity index (χ3n) is 3.49. The monoisotopic (exact) mass is 301 g/mol. The lowest BCUT2D eigenvalue weighted by atomic mass is 10.0. The van der Waals surface area contributed by atoms with Crippen molar-refractivity contribution in [2.24, 2.45) is 0 Å². The zero-order valence-electron chi connectivity index (χ0n) is 12.1. The average Bonchev–Trinajstić information content (AvgIpc) is 2.45. The molecule has 0 bridgehead atoms. The number of aliphatic hydroxyl groups is 2. The fourth-order valence-corrected chi connectivity index (χ4v) is 3.24. The lowest BCUT2D eigenvalue weighted by Gasteiger charge is -2.29. The SMILES string of the molecule is CCC(CO)(CO)NS(=O)(=O)c1ccc(C(C)C)cc1. The van der Waals surface area contributed by atoms with E-state index in [1.807, 2.05) is 13.8 Å². The minimum absolute atomic E-state index is 0.127. The highest BCUT2D eigenvalue weighted by atomic mass is 32.2. The van der Waals surface area contributed by atoms with E-state index in [4.69, 9.17) is 0 Å². The molecule has 1 aromatic rings. The molecule has 1 rings (SSSR count). The fraction of sp³-hybridized carbons (Fsp3) is 0.571. The minimum atomic E-state index is -3.77. The maximum Gasteiger partial charge on any atom is 0.241 e. The summed E-state index contributed by atoms with van der Waals surface area (Å²) in [5.41, 5.74) is -0.176. The number of hydrogen-bond donors (Lipinski definition) is 3. The van der Waals surface area contributed by atoms with Crippen molar-refractivity contribution in [3.8, 4) is 0 Å². The molecule has 3 N–H and O–H groups in total. The van der Waals surface area contributed by atoms with Gasteiger partial charge in [-0.15, -0.1) is 0 Å². The van der Waals surface area contributed by atoms with Gasteiger partial charge in [-0.25, -0.2) is 13.1 Å². The van der Waals surface area contributed by atoms with E-state index in [2.05, 4.69) is 4.72 Å². The van der Waals surface area contributed by atoms with Crippen molar-refractivity contribution < 1.29 is 18.6 Å². The van der Waals surface area contributed by atoms with Crippen molar-refractivity contribution in [3.63, 3.8) is 0 Å². The third-order valence-corrected chi connectivity index (χ3v) is 5.08. The first-order valence-electron chi connectivity index (χ1n) is 6.66. The van der Waals surface area contributed by atoms with Crippen LogP contribution in [0.2, 0.25) is 0 Å². The maximum absolute atomic E-state index is 12.3.